The first-order valence-corrected chi connectivity index (χ1v) is 6.74. The Bertz CT molecular complexity index is 569. The van der Waals surface area contributed by atoms with Crippen LogP contribution in [0.25, 0.3) is 0 Å². The van der Waals surface area contributed by atoms with Crippen molar-refractivity contribution < 1.29 is 29.3 Å². The number of aliphatic carboxylic acids is 2. The van der Waals surface area contributed by atoms with Gasteiger partial charge < -0.3 is 20.3 Å². The highest BCUT2D eigenvalue weighted by Gasteiger charge is 2.21. The zero-order chi connectivity index (χ0) is 16.7. The Morgan fingerprint density at radius 2 is 1.91 bits per heavy atom. The first kappa shape index (κ1) is 17.5. The molecule has 22 heavy (non-hydrogen) atoms. The van der Waals surface area contributed by atoms with Crippen LogP contribution in [-0.2, 0) is 14.4 Å². The molecule has 0 radical (unpaired) electrons. The zero-order valence-electron chi connectivity index (χ0n) is 12.5. The van der Waals surface area contributed by atoms with E-state index in [4.69, 9.17) is 14.9 Å². The fourth-order valence-electron chi connectivity index (χ4n) is 1.79. The van der Waals surface area contributed by atoms with Crippen LogP contribution >= 0.6 is 0 Å². The van der Waals surface area contributed by atoms with Gasteiger partial charge in [-0.1, -0.05) is 12.1 Å². The maximum absolute atomic E-state index is 11.7. The van der Waals surface area contributed by atoms with Gasteiger partial charge in [0.25, 0.3) is 5.91 Å². The number of benzene rings is 1. The van der Waals surface area contributed by atoms with Gasteiger partial charge in [-0.25, -0.2) is 4.79 Å². The van der Waals surface area contributed by atoms with E-state index in [0.29, 0.717) is 5.75 Å². The zero-order valence-corrected chi connectivity index (χ0v) is 12.5. The van der Waals surface area contributed by atoms with Crippen LogP contribution in [-0.4, -0.2) is 40.7 Å². The summed E-state index contributed by atoms with van der Waals surface area (Å²) in [6.07, 6.45) is -0.519. The van der Waals surface area contributed by atoms with Crippen LogP contribution in [0.5, 0.6) is 5.75 Å². The second-order valence-electron chi connectivity index (χ2n) is 4.88. The van der Waals surface area contributed by atoms with Crippen LogP contribution in [0.4, 0.5) is 0 Å². The highest BCUT2D eigenvalue weighted by Crippen LogP contribution is 2.20. The molecule has 1 aromatic rings. The normalized spacial score (nSPS) is 11.5. The number of carbonyl (C=O) groups is 3. The fraction of sp³-hybridized carbons (Fsp3) is 0.400. The van der Waals surface area contributed by atoms with Gasteiger partial charge in [0.05, 0.1) is 0 Å². The summed E-state index contributed by atoms with van der Waals surface area (Å²) in [4.78, 5) is 33.2. The average Bonchev–Trinajstić information content (AvgIpc) is 2.44. The summed E-state index contributed by atoms with van der Waals surface area (Å²) < 4.78 is 5.36. The van der Waals surface area contributed by atoms with Crippen LogP contribution in [0.2, 0.25) is 0 Å². The number of carboxylic acid groups (broad SMARTS) is 2. The minimum Gasteiger partial charge on any atom is -0.483 e. The summed E-state index contributed by atoms with van der Waals surface area (Å²) in [5.41, 5.74) is 1.92. The molecule has 7 nitrogen and oxygen atoms in total. The first-order chi connectivity index (χ1) is 10.3. The summed E-state index contributed by atoms with van der Waals surface area (Å²) in [5.74, 6) is -2.46. The summed E-state index contributed by atoms with van der Waals surface area (Å²) in [6.45, 7) is 3.44. The molecule has 0 heterocycles. The van der Waals surface area contributed by atoms with Crippen molar-refractivity contribution in [3.8, 4) is 5.75 Å². The largest absolute Gasteiger partial charge is 0.483 e. The fourth-order valence-corrected chi connectivity index (χ4v) is 1.79. The van der Waals surface area contributed by atoms with Crippen LogP contribution in [0.1, 0.15) is 24.0 Å². The van der Waals surface area contributed by atoms with Crippen molar-refractivity contribution in [2.45, 2.75) is 32.7 Å². The Labute approximate surface area is 127 Å². The molecule has 7 heteroatoms. The molecule has 0 spiro atoms. The standard InChI is InChI=1S/C15H19NO6/c1-9-4-3-5-12(10(9)2)22-8-13(17)16-11(15(20)21)6-7-14(18)19/h3-5,11H,6-8H2,1-2H3,(H,16,17)(H,18,19)(H,20,21). The molecule has 0 aromatic heterocycles. The molecule has 0 bridgehead atoms. The summed E-state index contributed by atoms with van der Waals surface area (Å²) in [6, 6.07) is 4.18. The molecule has 0 fully saturated rings. The Hall–Kier alpha value is -2.57. The lowest BCUT2D eigenvalue weighted by molar-refractivity contribution is -0.143. The Kier molecular flexibility index (Phi) is 6.37. The van der Waals surface area contributed by atoms with Crippen molar-refractivity contribution in [3.63, 3.8) is 0 Å². The Morgan fingerprint density at radius 3 is 2.50 bits per heavy atom. The quantitative estimate of drug-likeness (QED) is 0.663. The van der Waals surface area contributed by atoms with Crippen molar-refractivity contribution in [2.24, 2.45) is 0 Å². The Morgan fingerprint density at radius 1 is 1.23 bits per heavy atom. The second kappa shape index (κ2) is 8.02. The van der Waals surface area contributed by atoms with E-state index in [1.807, 2.05) is 19.9 Å². The number of amides is 1. The smallest absolute Gasteiger partial charge is 0.326 e. The summed E-state index contributed by atoms with van der Waals surface area (Å²) in [7, 11) is 0. The van der Waals surface area contributed by atoms with Crippen molar-refractivity contribution >= 4 is 17.8 Å². The number of carboxylic acids is 2. The van der Waals surface area contributed by atoms with E-state index < -0.39 is 23.9 Å². The molecule has 1 rings (SSSR count). The van der Waals surface area contributed by atoms with Crippen molar-refractivity contribution in [2.75, 3.05) is 6.61 Å². The van der Waals surface area contributed by atoms with Crippen LogP contribution in [0, 0.1) is 13.8 Å². The number of hydrogen-bond acceptors (Lipinski definition) is 4. The number of carbonyl (C=O) groups excluding carboxylic acids is 1. The number of rotatable bonds is 8. The van der Waals surface area contributed by atoms with E-state index in [1.165, 1.54) is 0 Å². The molecular weight excluding hydrogens is 290 g/mol. The lowest BCUT2D eigenvalue weighted by atomic mass is 10.1. The van der Waals surface area contributed by atoms with Gasteiger partial charge in [-0.2, -0.15) is 0 Å². The van der Waals surface area contributed by atoms with Crippen LogP contribution < -0.4 is 10.1 Å². The van der Waals surface area contributed by atoms with E-state index in [9.17, 15) is 14.4 Å². The number of ether oxygens (including phenoxy) is 1. The predicted octanol–water partition coefficient (Wildman–Crippen LogP) is 1.12. The monoisotopic (exact) mass is 309 g/mol. The minimum atomic E-state index is -1.28. The Balaban J connectivity index is 2.55. The van der Waals surface area contributed by atoms with Gasteiger partial charge in [-0.3, -0.25) is 9.59 Å². The molecule has 1 amide bonds. The molecule has 1 unspecified atom stereocenters. The molecule has 0 aliphatic rings. The highest BCUT2D eigenvalue weighted by atomic mass is 16.5. The minimum absolute atomic E-state index is 0.181. The van der Waals surface area contributed by atoms with Crippen molar-refractivity contribution in [3.05, 3.63) is 29.3 Å². The van der Waals surface area contributed by atoms with Gasteiger partial charge in [0.15, 0.2) is 6.61 Å². The molecule has 0 saturated carbocycles. The molecule has 0 aliphatic heterocycles. The molecule has 0 saturated heterocycles. The lowest BCUT2D eigenvalue weighted by Gasteiger charge is -2.15. The van der Waals surface area contributed by atoms with Gasteiger partial charge >= 0.3 is 11.9 Å². The topological polar surface area (TPSA) is 113 Å². The third-order valence-corrected chi connectivity index (χ3v) is 3.19. The lowest BCUT2D eigenvalue weighted by Crippen LogP contribution is -2.43. The maximum Gasteiger partial charge on any atom is 0.326 e. The highest BCUT2D eigenvalue weighted by molar-refractivity contribution is 5.84. The van der Waals surface area contributed by atoms with E-state index in [2.05, 4.69) is 5.32 Å². The SMILES string of the molecule is Cc1cccc(OCC(=O)NC(CCC(=O)O)C(=O)O)c1C. The van der Waals surface area contributed by atoms with Crippen LogP contribution in [0.3, 0.4) is 0 Å². The van der Waals surface area contributed by atoms with E-state index >= 15 is 0 Å². The van der Waals surface area contributed by atoms with Gasteiger partial charge in [0.1, 0.15) is 11.8 Å². The second-order valence-corrected chi connectivity index (χ2v) is 4.88. The maximum atomic E-state index is 11.7. The first-order valence-electron chi connectivity index (χ1n) is 6.74. The molecular formula is C15H19NO6. The summed E-state index contributed by atoms with van der Waals surface area (Å²) in [5, 5.41) is 19.8. The third-order valence-electron chi connectivity index (χ3n) is 3.19. The number of nitrogens with one attached hydrogen (secondary N) is 1. The average molecular weight is 309 g/mol. The predicted molar refractivity (Wildman–Crippen MR) is 77.8 cm³/mol. The van der Waals surface area contributed by atoms with E-state index in [-0.39, 0.29) is 19.4 Å². The third kappa shape index (κ3) is 5.43. The van der Waals surface area contributed by atoms with E-state index in [0.717, 1.165) is 11.1 Å². The van der Waals surface area contributed by atoms with E-state index in [1.54, 1.807) is 12.1 Å². The van der Waals surface area contributed by atoms with Crippen molar-refractivity contribution in [1.29, 1.82) is 0 Å². The summed E-state index contributed by atoms with van der Waals surface area (Å²) >= 11 is 0. The molecule has 0 aliphatic carbocycles. The number of hydrogen-bond donors (Lipinski definition) is 3. The molecule has 1 aromatic carbocycles. The molecule has 1 atom stereocenters. The van der Waals surface area contributed by atoms with Gasteiger partial charge in [0, 0.05) is 6.42 Å². The number of aryl methyl sites for hydroxylation is 1. The van der Waals surface area contributed by atoms with Gasteiger partial charge in [-0.15, -0.1) is 0 Å². The van der Waals surface area contributed by atoms with Gasteiger partial charge in [0.2, 0.25) is 0 Å². The molecule has 3 N–H and O–H groups in total. The van der Waals surface area contributed by atoms with Crippen LogP contribution in [0.15, 0.2) is 18.2 Å². The van der Waals surface area contributed by atoms with Crippen molar-refractivity contribution in [1.82, 2.24) is 5.32 Å². The van der Waals surface area contributed by atoms with Gasteiger partial charge in [-0.05, 0) is 37.5 Å². The molecule has 120 valence electrons.